The average Bonchev–Trinajstić information content (AvgIpc) is 3.20. The van der Waals surface area contributed by atoms with Gasteiger partial charge in [-0.3, -0.25) is 4.79 Å². The molecule has 3 aromatic carbocycles. The SMILES string of the molecule is O=C(Nc1ccc(Br)cc1)c1ccccc1-c1ncc(-c2ccccc2)o1. The van der Waals surface area contributed by atoms with Gasteiger partial charge in [-0.15, -0.1) is 0 Å². The van der Waals surface area contributed by atoms with Gasteiger partial charge in [0.15, 0.2) is 5.76 Å². The van der Waals surface area contributed by atoms with Crippen LogP contribution in [0.5, 0.6) is 0 Å². The molecule has 4 rings (SSSR count). The Bertz CT molecular complexity index is 1070. The van der Waals surface area contributed by atoms with Gasteiger partial charge < -0.3 is 9.73 Å². The molecule has 132 valence electrons. The highest BCUT2D eigenvalue weighted by Gasteiger charge is 2.17. The Labute approximate surface area is 165 Å². The average molecular weight is 419 g/mol. The summed E-state index contributed by atoms with van der Waals surface area (Å²) in [5, 5.41) is 2.90. The van der Waals surface area contributed by atoms with E-state index in [4.69, 9.17) is 4.42 Å². The van der Waals surface area contributed by atoms with Gasteiger partial charge in [-0.1, -0.05) is 58.4 Å². The Morgan fingerprint density at radius 3 is 2.37 bits per heavy atom. The Balaban J connectivity index is 1.64. The van der Waals surface area contributed by atoms with Gasteiger partial charge in [0.2, 0.25) is 5.89 Å². The largest absolute Gasteiger partial charge is 0.436 e. The number of amides is 1. The molecule has 0 aliphatic rings. The van der Waals surface area contributed by atoms with E-state index in [9.17, 15) is 4.79 Å². The van der Waals surface area contributed by atoms with Gasteiger partial charge in [0.1, 0.15) is 0 Å². The van der Waals surface area contributed by atoms with Crippen LogP contribution in [0.2, 0.25) is 0 Å². The van der Waals surface area contributed by atoms with Gasteiger partial charge >= 0.3 is 0 Å². The van der Waals surface area contributed by atoms with E-state index in [2.05, 4.69) is 26.2 Å². The van der Waals surface area contributed by atoms with Crippen molar-refractivity contribution in [1.82, 2.24) is 4.98 Å². The zero-order chi connectivity index (χ0) is 18.6. The molecule has 0 unspecified atom stereocenters. The Morgan fingerprint density at radius 2 is 1.59 bits per heavy atom. The lowest BCUT2D eigenvalue weighted by molar-refractivity contribution is 0.102. The molecule has 0 radical (unpaired) electrons. The molecule has 4 aromatic rings. The molecule has 1 heterocycles. The third-order valence-electron chi connectivity index (χ3n) is 4.07. The fourth-order valence-electron chi connectivity index (χ4n) is 2.73. The molecule has 0 atom stereocenters. The second kappa shape index (κ2) is 7.60. The number of hydrogen-bond acceptors (Lipinski definition) is 3. The zero-order valence-corrected chi connectivity index (χ0v) is 15.8. The van der Waals surface area contributed by atoms with Gasteiger partial charge in [-0.25, -0.2) is 4.98 Å². The molecular formula is C22H15BrN2O2. The van der Waals surface area contributed by atoms with Crippen molar-refractivity contribution in [2.45, 2.75) is 0 Å². The van der Waals surface area contributed by atoms with Crippen molar-refractivity contribution < 1.29 is 9.21 Å². The third kappa shape index (κ3) is 3.83. The molecular weight excluding hydrogens is 404 g/mol. The van der Waals surface area contributed by atoms with Gasteiger partial charge in [0.25, 0.3) is 5.91 Å². The minimum atomic E-state index is -0.215. The van der Waals surface area contributed by atoms with E-state index >= 15 is 0 Å². The lowest BCUT2D eigenvalue weighted by Crippen LogP contribution is -2.13. The lowest BCUT2D eigenvalue weighted by atomic mass is 10.1. The number of aromatic nitrogens is 1. The first kappa shape index (κ1) is 17.2. The third-order valence-corrected chi connectivity index (χ3v) is 4.60. The van der Waals surface area contributed by atoms with Crippen LogP contribution in [0.1, 0.15) is 10.4 Å². The first-order valence-corrected chi connectivity index (χ1v) is 9.17. The second-order valence-electron chi connectivity index (χ2n) is 5.90. The summed E-state index contributed by atoms with van der Waals surface area (Å²) in [7, 11) is 0. The van der Waals surface area contributed by atoms with E-state index in [0.29, 0.717) is 22.8 Å². The molecule has 0 saturated heterocycles. The summed E-state index contributed by atoms with van der Waals surface area (Å²) in [5.41, 5.74) is 2.81. The van der Waals surface area contributed by atoms with Crippen LogP contribution in [0.15, 0.2) is 93.9 Å². The minimum absolute atomic E-state index is 0.215. The molecule has 0 aliphatic carbocycles. The first-order valence-electron chi connectivity index (χ1n) is 8.38. The van der Waals surface area contributed by atoms with E-state index in [1.165, 1.54) is 0 Å². The molecule has 0 fully saturated rings. The minimum Gasteiger partial charge on any atom is -0.436 e. The molecule has 0 saturated carbocycles. The maximum Gasteiger partial charge on any atom is 0.256 e. The highest BCUT2D eigenvalue weighted by Crippen LogP contribution is 2.28. The number of anilines is 1. The molecule has 1 amide bonds. The summed E-state index contributed by atoms with van der Waals surface area (Å²) in [4.78, 5) is 17.1. The quantitative estimate of drug-likeness (QED) is 0.440. The number of nitrogens with zero attached hydrogens (tertiary/aromatic N) is 1. The fraction of sp³-hybridized carbons (Fsp3) is 0. The molecule has 4 nitrogen and oxygen atoms in total. The smallest absolute Gasteiger partial charge is 0.256 e. The maximum absolute atomic E-state index is 12.8. The maximum atomic E-state index is 12.8. The summed E-state index contributed by atoms with van der Waals surface area (Å²) < 4.78 is 6.87. The van der Waals surface area contributed by atoms with Crippen molar-refractivity contribution in [2.75, 3.05) is 5.32 Å². The second-order valence-corrected chi connectivity index (χ2v) is 6.82. The van der Waals surface area contributed by atoms with E-state index in [-0.39, 0.29) is 5.91 Å². The summed E-state index contributed by atoms with van der Waals surface area (Å²) in [6, 6.07) is 24.4. The Hall–Kier alpha value is -3.18. The first-order chi connectivity index (χ1) is 13.2. The van der Waals surface area contributed by atoms with Crippen molar-refractivity contribution in [3.8, 4) is 22.8 Å². The summed E-state index contributed by atoms with van der Waals surface area (Å²) >= 11 is 3.39. The van der Waals surface area contributed by atoms with Crippen LogP contribution in [0, 0.1) is 0 Å². The topological polar surface area (TPSA) is 55.1 Å². The Morgan fingerprint density at radius 1 is 0.889 bits per heavy atom. The van der Waals surface area contributed by atoms with Gasteiger partial charge in [0, 0.05) is 21.3 Å². The van der Waals surface area contributed by atoms with Crippen LogP contribution in [0.25, 0.3) is 22.8 Å². The Kier molecular flexibility index (Phi) is 4.85. The van der Waals surface area contributed by atoms with Crippen LogP contribution in [0.3, 0.4) is 0 Å². The number of carbonyl (C=O) groups excluding carboxylic acids is 1. The number of rotatable bonds is 4. The monoisotopic (exact) mass is 418 g/mol. The normalized spacial score (nSPS) is 10.6. The van der Waals surface area contributed by atoms with Gasteiger partial charge in [-0.05, 0) is 36.4 Å². The van der Waals surface area contributed by atoms with Crippen molar-refractivity contribution in [2.24, 2.45) is 0 Å². The van der Waals surface area contributed by atoms with Crippen molar-refractivity contribution in [3.05, 3.63) is 95.1 Å². The molecule has 1 N–H and O–H groups in total. The highest BCUT2D eigenvalue weighted by atomic mass is 79.9. The van der Waals surface area contributed by atoms with E-state index in [1.54, 1.807) is 12.3 Å². The number of carbonyl (C=O) groups is 1. The van der Waals surface area contributed by atoms with Gasteiger partial charge in [-0.2, -0.15) is 0 Å². The van der Waals surface area contributed by atoms with Crippen LogP contribution in [0.4, 0.5) is 5.69 Å². The van der Waals surface area contributed by atoms with Crippen molar-refractivity contribution >= 4 is 27.5 Å². The van der Waals surface area contributed by atoms with Crippen LogP contribution in [-0.4, -0.2) is 10.9 Å². The molecule has 0 spiro atoms. The highest BCUT2D eigenvalue weighted by molar-refractivity contribution is 9.10. The van der Waals surface area contributed by atoms with E-state index in [1.807, 2.05) is 72.8 Å². The van der Waals surface area contributed by atoms with Gasteiger partial charge in [0.05, 0.1) is 11.8 Å². The van der Waals surface area contributed by atoms with Crippen molar-refractivity contribution in [3.63, 3.8) is 0 Å². The number of hydrogen-bond donors (Lipinski definition) is 1. The van der Waals surface area contributed by atoms with Crippen LogP contribution < -0.4 is 5.32 Å². The molecule has 0 aliphatic heterocycles. The predicted molar refractivity (Wildman–Crippen MR) is 109 cm³/mol. The van der Waals surface area contributed by atoms with Crippen LogP contribution in [-0.2, 0) is 0 Å². The van der Waals surface area contributed by atoms with E-state index < -0.39 is 0 Å². The fourth-order valence-corrected chi connectivity index (χ4v) is 3.00. The molecule has 1 aromatic heterocycles. The standard InChI is InChI=1S/C22H15BrN2O2/c23-16-10-12-17(13-11-16)25-21(26)18-8-4-5-9-19(18)22-24-14-20(27-22)15-6-2-1-3-7-15/h1-14H,(H,25,26). The number of nitrogens with one attached hydrogen (secondary N) is 1. The zero-order valence-electron chi connectivity index (χ0n) is 14.2. The van der Waals surface area contributed by atoms with E-state index in [0.717, 1.165) is 15.7 Å². The predicted octanol–water partition coefficient (Wildman–Crippen LogP) is 6.02. The molecule has 27 heavy (non-hydrogen) atoms. The summed E-state index contributed by atoms with van der Waals surface area (Å²) in [6.07, 6.45) is 1.67. The number of benzene rings is 3. The van der Waals surface area contributed by atoms with Crippen LogP contribution >= 0.6 is 15.9 Å². The summed E-state index contributed by atoms with van der Waals surface area (Å²) in [5.74, 6) is 0.858. The lowest BCUT2D eigenvalue weighted by Gasteiger charge is -2.08. The van der Waals surface area contributed by atoms with Crippen molar-refractivity contribution in [1.29, 1.82) is 0 Å². The number of oxazole rings is 1. The summed E-state index contributed by atoms with van der Waals surface area (Å²) in [6.45, 7) is 0. The molecule has 0 bridgehead atoms. The number of halogens is 1. The molecule has 5 heteroatoms.